The van der Waals surface area contributed by atoms with E-state index in [0.29, 0.717) is 30.3 Å². The maximum absolute atomic E-state index is 12.2. The summed E-state index contributed by atoms with van der Waals surface area (Å²) in [5.41, 5.74) is 6.00. The smallest absolute Gasteiger partial charge is 0.238 e. The normalized spacial score (nSPS) is 17.7. The lowest BCUT2D eigenvalue weighted by molar-refractivity contribution is -0.127. The SMILES string of the molecule is Cl.NCCNC(=O)C1CCCN(CC(=O)Nc2ccccc2Cl)C1. The number of rotatable bonds is 6. The number of likely N-dealkylation sites (tertiary alicyclic amines) is 1. The molecule has 4 N–H and O–H groups in total. The van der Waals surface area contributed by atoms with Crippen molar-refractivity contribution in [3.05, 3.63) is 29.3 Å². The van der Waals surface area contributed by atoms with Crippen LogP contribution < -0.4 is 16.4 Å². The number of para-hydroxylation sites is 1. The Morgan fingerprint density at radius 3 is 2.79 bits per heavy atom. The fourth-order valence-electron chi connectivity index (χ4n) is 2.71. The van der Waals surface area contributed by atoms with E-state index in [1.165, 1.54) is 0 Å². The number of carbonyl (C=O) groups is 2. The molecule has 1 aromatic carbocycles. The molecule has 0 aromatic heterocycles. The van der Waals surface area contributed by atoms with E-state index in [9.17, 15) is 9.59 Å². The lowest BCUT2D eigenvalue weighted by atomic mass is 9.97. The van der Waals surface area contributed by atoms with Gasteiger partial charge in [0.25, 0.3) is 0 Å². The van der Waals surface area contributed by atoms with Gasteiger partial charge in [0, 0.05) is 19.6 Å². The van der Waals surface area contributed by atoms with Gasteiger partial charge < -0.3 is 16.4 Å². The minimum atomic E-state index is -0.124. The van der Waals surface area contributed by atoms with E-state index in [1.54, 1.807) is 12.1 Å². The summed E-state index contributed by atoms with van der Waals surface area (Å²) in [6.45, 7) is 2.58. The molecule has 1 heterocycles. The second-order valence-electron chi connectivity index (χ2n) is 5.68. The van der Waals surface area contributed by atoms with E-state index in [1.807, 2.05) is 17.0 Å². The fourth-order valence-corrected chi connectivity index (χ4v) is 2.89. The summed E-state index contributed by atoms with van der Waals surface area (Å²) in [4.78, 5) is 26.2. The van der Waals surface area contributed by atoms with Gasteiger partial charge in [-0.1, -0.05) is 23.7 Å². The number of hydrogen-bond donors (Lipinski definition) is 3. The lowest BCUT2D eigenvalue weighted by Crippen LogP contribution is -2.46. The summed E-state index contributed by atoms with van der Waals surface area (Å²) >= 11 is 6.03. The fraction of sp³-hybridized carbons (Fsp3) is 0.500. The molecule has 1 aliphatic heterocycles. The van der Waals surface area contributed by atoms with E-state index in [0.717, 1.165) is 19.4 Å². The first kappa shape index (κ1) is 20.7. The summed E-state index contributed by atoms with van der Waals surface area (Å²) in [7, 11) is 0. The molecule has 1 atom stereocenters. The van der Waals surface area contributed by atoms with Crippen molar-refractivity contribution in [1.29, 1.82) is 0 Å². The maximum atomic E-state index is 12.2. The second-order valence-corrected chi connectivity index (χ2v) is 6.09. The molecule has 0 spiro atoms. The highest BCUT2D eigenvalue weighted by Crippen LogP contribution is 2.21. The van der Waals surface area contributed by atoms with Gasteiger partial charge >= 0.3 is 0 Å². The van der Waals surface area contributed by atoms with Crippen molar-refractivity contribution >= 4 is 41.5 Å². The molecule has 2 rings (SSSR count). The zero-order chi connectivity index (χ0) is 16.7. The molecule has 1 aromatic rings. The molecular weight excluding hydrogens is 351 g/mol. The van der Waals surface area contributed by atoms with Gasteiger partial charge in [-0.05, 0) is 31.5 Å². The van der Waals surface area contributed by atoms with Crippen molar-refractivity contribution in [3.8, 4) is 0 Å². The van der Waals surface area contributed by atoms with Crippen LogP contribution in [0.15, 0.2) is 24.3 Å². The molecule has 0 aliphatic carbocycles. The number of nitrogens with two attached hydrogens (primary N) is 1. The molecule has 1 fully saturated rings. The Bertz CT molecular complexity index is 557. The minimum absolute atomic E-state index is 0. The van der Waals surface area contributed by atoms with E-state index < -0.39 is 0 Å². The number of piperidine rings is 1. The quantitative estimate of drug-likeness (QED) is 0.703. The number of carbonyl (C=O) groups excluding carboxylic acids is 2. The van der Waals surface area contributed by atoms with Gasteiger partial charge in [0.05, 0.1) is 23.2 Å². The standard InChI is InChI=1S/C16H23ClN4O2.ClH/c17-13-5-1-2-6-14(13)20-15(22)11-21-9-3-4-12(10-21)16(23)19-8-7-18;/h1-2,5-6,12H,3-4,7-11,18H2,(H,19,23)(H,20,22);1H. The van der Waals surface area contributed by atoms with Crippen LogP contribution in [0.1, 0.15) is 12.8 Å². The summed E-state index contributed by atoms with van der Waals surface area (Å²) in [5, 5.41) is 6.13. The van der Waals surface area contributed by atoms with Crippen LogP contribution in [0.5, 0.6) is 0 Å². The summed E-state index contributed by atoms with van der Waals surface area (Å²) < 4.78 is 0. The Balaban J connectivity index is 0.00000288. The Morgan fingerprint density at radius 2 is 2.08 bits per heavy atom. The summed E-state index contributed by atoms with van der Waals surface area (Å²) in [5.74, 6) is -0.184. The Morgan fingerprint density at radius 1 is 1.33 bits per heavy atom. The van der Waals surface area contributed by atoms with E-state index in [4.69, 9.17) is 17.3 Å². The van der Waals surface area contributed by atoms with Gasteiger partial charge in [0.2, 0.25) is 11.8 Å². The molecule has 134 valence electrons. The number of nitrogens with zero attached hydrogens (tertiary/aromatic N) is 1. The van der Waals surface area contributed by atoms with Crippen molar-refractivity contribution in [3.63, 3.8) is 0 Å². The van der Waals surface area contributed by atoms with Gasteiger partial charge in [-0.2, -0.15) is 0 Å². The average molecular weight is 375 g/mol. The zero-order valence-electron chi connectivity index (χ0n) is 13.5. The van der Waals surface area contributed by atoms with Crippen LogP contribution in [-0.2, 0) is 9.59 Å². The maximum Gasteiger partial charge on any atom is 0.238 e. The predicted molar refractivity (Wildman–Crippen MR) is 98.6 cm³/mol. The topological polar surface area (TPSA) is 87.5 Å². The molecule has 24 heavy (non-hydrogen) atoms. The third kappa shape index (κ3) is 6.28. The van der Waals surface area contributed by atoms with Crippen molar-refractivity contribution < 1.29 is 9.59 Å². The van der Waals surface area contributed by atoms with Crippen LogP contribution in [0.2, 0.25) is 5.02 Å². The van der Waals surface area contributed by atoms with Crippen LogP contribution >= 0.6 is 24.0 Å². The first-order valence-electron chi connectivity index (χ1n) is 7.84. The van der Waals surface area contributed by atoms with Gasteiger partial charge in [-0.15, -0.1) is 12.4 Å². The summed E-state index contributed by atoms with van der Waals surface area (Å²) in [6.07, 6.45) is 1.75. The predicted octanol–water partition coefficient (Wildman–Crippen LogP) is 1.49. The first-order chi connectivity index (χ1) is 11.1. The average Bonchev–Trinajstić information content (AvgIpc) is 2.55. The van der Waals surface area contributed by atoms with Crippen molar-refractivity contribution in [1.82, 2.24) is 10.2 Å². The van der Waals surface area contributed by atoms with Gasteiger partial charge in [0.15, 0.2) is 0 Å². The molecule has 0 bridgehead atoms. The monoisotopic (exact) mass is 374 g/mol. The number of nitrogens with one attached hydrogen (secondary N) is 2. The lowest BCUT2D eigenvalue weighted by Gasteiger charge is -2.31. The number of amides is 2. The highest BCUT2D eigenvalue weighted by Gasteiger charge is 2.26. The third-order valence-corrected chi connectivity index (χ3v) is 4.16. The summed E-state index contributed by atoms with van der Waals surface area (Å²) in [6, 6.07) is 7.13. The molecule has 1 aliphatic rings. The molecule has 0 radical (unpaired) electrons. The molecular formula is C16H24Cl2N4O2. The van der Waals surface area contributed by atoms with Gasteiger partial charge in [-0.3, -0.25) is 14.5 Å². The molecule has 6 nitrogen and oxygen atoms in total. The Kier molecular flexibility index (Phi) is 9.07. The van der Waals surface area contributed by atoms with Crippen LogP contribution in [-0.4, -0.2) is 49.4 Å². The number of anilines is 1. The number of hydrogen-bond acceptors (Lipinski definition) is 4. The molecule has 2 amide bonds. The molecule has 1 unspecified atom stereocenters. The van der Waals surface area contributed by atoms with E-state index in [-0.39, 0.29) is 36.7 Å². The van der Waals surface area contributed by atoms with Gasteiger partial charge in [0.1, 0.15) is 0 Å². The van der Waals surface area contributed by atoms with E-state index in [2.05, 4.69) is 10.6 Å². The van der Waals surface area contributed by atoms with Crippen LogP contribution in [0.25, 0.3) is 0 Å². The molecule has 8 heteroatoms. The zero-order valence-corrected chi connectivity index (χ0v) is 15.0. The number of halogens is 2. The van der Waals surface area contributed by atoms with Crippen LogP contribution in [0, 0.1) is 5.92 Å². The van der Waals surface area contributed by atoms with Crippen LogP contribution in [0.4, 0.5) is 5.69 Å². The van der Waals surface area contributed by atoms with E-state index >= 15 is 0 Å². The molecule has 1 saturated heterocycles. The largest absolute Gasteiger partial charge is 0.355 e. The first-order valence-corrected chi connectivity index (χ1v) is 8.22. The highest BCUT2D eigenvalue weighted by atomic mass is 35.5. The highest BCUT2D eigenvalue weighted by molar-refractivity contribution is 6.33. The number of benzene rings is 1. The van der Waals surface area contributed by atoms with Crippen molar-refractivity contribution in [2.75, 3.05) is 38.0 Å². The van der Waals surface area contributed by atoms with Crippen LogP contribution in [0.3, 0.4) is 0 Å². The Hall–Kier alpha value is -1.34. The van der Waals surface area contributed by atoms with Gasteiger partial charge in [-0.25, -0.2) is 0 Å². The van der Waals surface area contributed by atoms with Crippen molar-refractivity contribution in [2.24, 2.45) is 11.7 Å². The Labute approximate surface area is 153 Å². The second kappa shape index (κ2) is 10.5. The minimum Gasteiger partial charge on any atom is -0.355 e. The van der Waals surface area contributed by atoms with Crippen molar-refractivity contribution in [2.45, 2.75) is 12.8 Å². The molecule has 0 saturated carbocycles. The third-order valence-electron chi connectivity index (χ3n) is 3.84.